The van der Waals surface area contributed by atoms with E-state index in [0.717, 1.165) is 24.3 Å². The zero-order valence-electron chi connectivity index (χ0n) is 10.8. The normalized spacial score (nSPS) is 12.1. The number of rotatable bonds is 6. The third kappa shape index (κ3) is 3.74. The van der Waals surface area contributed by atoms with Crippen LogP contribution in [0.2, 0.25) is 0 Å². The zero-order valence-corrected chi connectivity index (χ0v) is 11.6. The molecule has 0 fully saturated rings. The van der Waals surface area contributed by atoms with Crippen molar-refractivity contribution in [3.05, 3.63) is 40.8 Å². The standard InChI is InChI=1S/C14H19N3S/c1-3-16-12-8-13(10-15-9-12)17-11(2)7-14-5-4-6-18-14/h4-6,8-11,16-17H,3,7H2,1-2H3. The second-order valence-electron chi connectivity index (χ2n) is 4.32. The van der Waals surface area contributed by atoms with Gasteiger partial charge in [0.2, 0.25) is 0 Å². The van der Waals surface area contributed by atoms with Crippen LogP contribution in [-0.2, 0) is 6.42 Å². The number of nitrogens with one attached hydrogen (secondary N) is 2. The summed E-state index contributed by atoms with van der Waals surface area (Å²) < 4.78 is 0. The van der Waals surface area contributed by atoms with Gasteiger partial charge in [-0.1, -0.05) is 6.07 Å². The highest BCUT2D eigenvalue weighted by molar-refractivity contribution is 7.09. The lowest BCUT2D eigenvalue weighted by molar-refractivity contribution is 0.799. The van der Waals surface area contributed by atoms with Crippen molar-refractivity contribution < 1.29 is 0 Å². The summed E-state index contributed by atoms with van der Waals surface area (Å²) in [5.74, 6) is 0. The highest BCUT2D eigenvalue weighted by atomic mass is 32.1. The number of aromatic nitrogens is 1. The molecule has 4 heteroatoms. The van der Waals surface area contributed by atoms with E-state index in [9.17, 15) is 0 Å². The number of nitrogens with zero attached hydrogens (tertiary/aromatic N) is 1. The Morgan fingerprint density at radius 1 is 1.33 bits per heavy atom. The number of anilines is 2. The van der Waals surface area contributed by atoms with E-state index < -0.39 is 0 Å². The summed E-state index contributed by atoms with van der Waals surface area (Å²) in [5, 5.41) is 8.87. The molecule has 2 aromatic heterocycles. The van der Waals surface area contributed by atoms with Crippen LogP contribution < -0.4 is 10.6 Å². The molecule has 0 radical (unpaired) electrons. The number of thiophene rings is 1. The molecule has 2 heterocycles. The van der Waals surface area contributed by atoms with Crippen molar-refractivity contribution in [3.8, 4) is 0 Å². The van der Waals surface area contributed by atoms with Gasteiger partial charge >= 0.3 is 0 Å². The maximum absolute atomic E-state index is 4.23. The first-order chi connectivity index (χ1) is 8.78. The van der Waals surface area contributed by atoms with Gasteiger partial charge in [-0.05, 0) is 31.4 Å². The van der Waals surface area contributed by atoms with Gasteiger partial charge in [-0.15, -0.1) is 11.3 Å². The molecule has 2 aromatic rings. The molecule has 1 atom stereocenters. The monoisotopic (exact) mass is 261 g/mol. The number of hydrogen-bond donors (Lipinski definition) is 2. The second-order valence-corrected chi connectivity index (χ2v) is 5.35. The molecule has 2 N–H and O–H groups in total. The molecule has 0 spiro atoms. The first-order valence-electron chi connectivity index (χ1n) is 6.25. The van der Waals surface area contributed by atoms with E-state index in [4.69, 9.17) is 0 Å². The quantitative estimate of drug-likeness (QED) is 0.834. The van der Waals surface area contributed by atoms with E-state index >= 15 is 0 Å². The van der Waals surface area contributed by atoms with Crippen molar-refractivity contribution in [1.82, 2.24) is 4.98 Å². The fourth-order valence-electron chi connectivity index (χ4n) is 1.89. The lowest BCUT2D eigenvalue weighted by Gasteiger charge is -2.15. The molecule has 2 rings (SSSR count). The topological polar surface area (TPSA) is 37.0 Å². The van der Waals surface area contributed by atoms with Crippen molar-refractivity contribution in [1.29, 1.82) is 0 Å². The first-order valence-corrected chi connectivity index (χ1v) is 7.13. The molecule has 0 saturated carbocycles. The maximum Gasteiger partial charge on any atom is 0.0549 e. The molecular formula is C14H19N3S. The molecular weight excluding hydrogens is 242 g/mol. The fraction of sp³-hybridized carbons (Fsp3) is 0.357. The summed E-state index contributed by atoms with van der Waals surface area (Å²) in [6.45, 7) is 5.19. The van der Waals surface area contributed by atoms with Crippen LogP contribution in [0.3, 0.4) is 0 Å². The molecule has 0 amide bonds. The Kier molecular flexibility index (Phi) is 4.59. The second kappa shape index (κ2) is 6.40. The Morgan fingerprint density at radius 2 is 2.17 bits per heavy atom. The van der Waals surface area contributed by atoms with E-state index in [1.165, 1.54) is 4.88 Å². The van der Waals surface area contributed by atoms with E-state index in [1.54, 1.807) is 11.3 Å². The lowest BCUT2D eigenvalue weighted by atomic mass is 10.2. The molecule has 18 heavy (non-hydrogen) atoms. The third-order valence-corrected chi connectivity index (χ3v) is 3.52. The van der Waals surface area contributed by atoms with Gasteiger partial charge in [-0.3, -0.25) is 4.98 Å². The summed E-state index contributed by atoms with van der Waals surface area (Å²) >= 11 is 1.81. The average Bonchev–Trinajstić information content (AvgIpc) is 2.82. The van der Waals surface area contributed by atoms with Crippen molar-refractivity contribution in [3.63, 3.8) is 0 Å². The van der Waals surface area contributed by atoms with Crippen molar-refractivity contribution in [2.24, 2.45) is 0 Å². The van der Waals surface area contributed by atoms with Gasteiger partial charge in [0.1, 0.15) is 0 Å². The molecule has 0 aliphatic rings. The fourth-order valence-corrected chi connectivity index (χ4v) is 2.72. The third-order valence-electron chi connectivity index (χ3n) is 2.62. The Morgan fingerprint density at radius 3 is 2.89 bits per heavy atom. The minimum Gasteiger partial charge on any atom is -0.384 e. The summed E-state index contributed by atoms with van der Waals surface area (Å²) in [4.78, 5) is 5.64. The minimum absolute atomic E-state index is 0.405. The van der Waals surface area contributed by atoms with Crippen LogP contribution in [-0.4, -0.2) is 17.6 Å². The predicted octanol–water partition coefficient (Wildman–Crippen LogP) is 3.62. The number of hydrogen-bond acceptors (Lipinski definition) is 4. The van der Waals surface area contributed by atoms with Gasteiger partial charge in [0.15, 0.2) is 0 Å². The zero-order chi connectivity index (χ0) is 12.8. The Balaban J connectivity index is 1.93. The maximum atomic E-state index is 4.23. The molecule has 0 aliphatic carbocycles. The van der Waals surface area contributed by atoms with E-state index in [0.29, 0.717) is 6.04 Å². The van der Waals surface area contributed by atoms with Crippen molar-refractivity contribution in [2.45, 2.75) is 26.3 Å². The van der Waals surface area contributed by atoms with E-state index in [-0.39, 0.29) is 0 Å². The molecule has 3 nitrogen and oxygen atoms in total. The average molecular weight is 261 g/mol. The molecule has 96 valence electrons. The van der Waals surface area contributed by atoms with Crippen LogP contribution in [0.4, 0.5) is 11.4 Å². The van der Waals surface area contributed by atoms with E-state index in [1.807, 2.05) is 12.4 Å². The molecule has 0 saturated heterocycles. The molecule has 0 aliphatic heterocycles. The number of pyridine rings is 1. The first kappa shape index (κ1) is 12.9. The van der Waals surface area contributed by atoms with Crippen molar-refractivity contribution >= 4 is 22.7 Å². The van der Waals surface area contributed by atoms with Crippen LogP contribution in [0.1, 0.15) is 18.7 Å². The summed E-state index contributed by atoms with van der Waals surface area (Å²) in [5.41, 5.74) is 2.13. The van der Waals surface area contributed by atoms with Gasteiger partial charge in [-0.25, -0.2) is 0 Å². The highest BCUT2D eigenvalue weighted by Gasteiger charge is 2.05. The molecule has 0 bridgehead atoms. The molecule has 0 aromatic carbocycles. The Bertz CT molecular complexity index is 468. The summed E-state index contributed by atoms with van der Waals surface area (Å²) in [7, 11) is 0. The van der Waals surface area contributed by atoms with Gasteiger partial charge < -0.3 is 10.6 Å². The summed E-state index contributed by atoms with van der Waals surface area (Å²) in [6.07, 6.45) is 4.76. The van der Waals surface area contributed by atoms with Crippen LogP contribution in [0.15, 0.2) is 36.0 Å². The Hall–Kier alpha value is -1.55. The van der Waals surface area contributed by atoms with Gasteiger partial charge in [0.25, 0.3) is 0 Å². The molecule has 1 unspecified atom stereocenters. The SMILES string of the molecule is CCNc1cncc(NC(C)Cc2cccs2)c1. The Labute approximate surface area is 112 Å². The van der Waals surface area contributed by atoms with Crippen LogP contribution >= 0.6 is 11.3 Å². The summed E-state index contributed by atoms with van der Waals surface area (Å²) in [6, 6.07) is 6.78. The van der Waals surface area contributed by atoms with Crippen LogP contribution in [0.25, 0.3) is 0 Å². The van der Waals surface area contributed by atoms with Crippen LogP contribution in [0, 0.1) is 0 Å². The van der Waals surface area contributed by atoms with Crippen molar-refractivity contribution in [2.75, 3.05) is 17.2 Å². The van der Waals surface area contributed by atoms with E-state index in [2.05, 4.69) is 53.0 Å². The smallest absolute Gasteiger partial charge is 0.0549 e. The largest absolute Gasteiger partial charge is 0.384 e. The lowest BCUT2D eigenvalue weighted by Crippen LogP contribution is -2.17. The van der Waals surface area contributed by atoms with Gasteiger partial charge in [0.05, 0.1) is 23.8 Å². The van der Waals surface area contributed by atoms with Gasteiger partial charge in [0, 0.05) is 23.9 Å². The predicted molar refractivity (Wildman–Crippen MR) is 79.5 cm³/mol. The highest BCUT2D eigenvalue weighted by Crippen LogP contribution is 2.16. The van der Waals surface area contributed by atoms with Gasteiger partial charge in [-0.2, -0.15) is 0 Å². The van der Waals surface area contributed by atoms with Crippen LogP contribution in [0.5, 0.6) is 0 Å². The minimum atomic E-state index is 0.405.